The fraction of sp³-hybridized carbons (Fsp3) is 0.455. The van der Waals surface area contributed by atoms with Crippen LogP contribution in [0.3, 0.4) is 0 Å². The number of aromatic amines is 1. The predicted molar refractivity (Wildman–Crippen MR) is 59.8 cm³/mol. The molecule has 1 atom stereocenters. The van der Waals surface area contributed by atoms with Crippen LogP contribution in [0.25, 0.3) is 0 Å². The number of aromatic nitrogens is 3. The Bertz CT molecular complexity index is 382. The lowest BCUT2D eigenvalue weighted by Gasteiger charge is -2.14. The van der Waals surface area contributed by atoms with Gasteiger partial charge in [0, 0.05) is 0 Å². The van der Waals surface area contributed by atoms with Gasteiger partial charge in [0.1, 0.15) is 12.2 Å². The lowest BCUT2D eigenvalue weighted by molar-refractivity contribution is 0.500. The smallest absolute Gasteiger partial charge is 0.141 e. The highest BCUT2D eigenvalue weighted by atomic mass is 16.3. The highest BCUT2D eigenvalue weighted by Crippen LogP contribution is 2.14. The van der Waals surface area contributed by atoms with Crippen molar-refractivity contribution in [3.05, 3.63) is 36.3 Å². The summed E-state index contributed by atoms with van der Waals surface area (Å²) in [5.41, 5.74) is 1.16. The fourth-order valence-electron chi connectivity index (χ4n) is 1.61. The van der Waals surface area contributed by atoms with Crippen LogP contribution in [0, 0.1) is 0 Å². The van der Waals surface area contributed by atoms with Crippen molar-refractivity contribution in [2.24, 2.45) is 0 Å². The van der Waals surface area contributed by atoms with Crippen molar-refractivity contribution in [1.29, 1.82) is 0 Å². The first kappa shape index (κ1) is 10.9. The van der Waals surface area contributed by atoms with Gasteiger partial charge in [0.25, 0.3) is 0 Å². The Balaban J connectivity index is 2.03. The number of H-pyrrole nitrogens is 1. The number of nitrogens with zero attached hydrogens (tertiary/aromatic N) is 2. The predicted octanol–water partition coefficient (Wildman–Crippen LogP) is 1.68. The van der Waals surface area contributed by atoms with Gasteiger partial charge in [-0.2, -0.15) is 5.10 Å². The lowest BCUT2D eigenvalue weighted by atomic mass is 10.1. The summed E-state index contributed by atoms with van der Waals surface area (Å²) < 4.78 is 5.06. The van der Waals surface area contributed by atoms with E-state index in [1.807, 2.05) is 6.07 Å². The lowest BCUT2D eigenvalue weighted by Crippen LogP contribution is -2.25. The van der Waals surface area contributed by atoms with E-state index in [1.165, 1.54) is 6.33 Å². The summed E-state index contributed by atoms with van der Waals surface area (Å²) in [7, 11) is 0. The van der Waals surface area contributed by atoms with Gasteiger partial charge in [-0.05, 0) is 31.0 Å². The van der Waals surface area contributed by atoms with E-state index in [4.69, 9.17) is 4.42 Å². The molecule has 2 heterocycles. The van der Waals surface area contributed by atoms with Crippen LogP contribution in [0.1, 0.15) is 30.8 Å². The fourth-order valence-corrected chi connectivity index (χ4v) is 1.61. The Labute approximate surface area is 94.3 Å². The zero-order valence-corrected chi connectivity index (χ0v) is 9.31. The van der Waals surface area contributed by atoms with E-state index in [0.29, 0.717) is 0 Å². The molecule has 0 aliphatic carbocycles. The van der Waals surface area contributed by atoms with Crippen LogP contribution in [0.4, 0.5) is 0 Å². The molecule has 86 valence electrons. The van der Waals surface area contributed by atoms with Crippen molar-refractivity contribution < 1.29 is 4.42 Å². The molecule has 5 heteroatoms. The van der Waals surface area contributed by atoms with Gasteiger partial charge in [0.15, 0.2) is 0 Å². The zero-order valence-electron chi connectivity index (χ0n) is 9.31. The van der Waals surface area contributed by atoms with E-state index in [9.17, 15) is 0 Å². The van der Waals surface area contributed by atoms with Gasteiger partial charge < -0.3 is 9.73 Å². The SMILES string of the molecule is CCCNC(Cc1ccoc1)c1ncn[nH]1. The van der Waals surface area contributed by atoms with Crippen LogP contribution in [0.5, 0.6) is 0 Å². The third-order valence-corrected chi connectivity index (χ3v) is 2.42. The molecule has 2 N–H and O–H groups in total. The first-order chi connectivity index (χ1) is 7.90. The molecule has 2 aromatic heterocycles. The van der Waals surface area contributed by atoms with Gasteiger partial charge in [-0.25, -0.2) is 4.98 Å². The molecule has 0 spiro atoms. The largest absolute Gasteiger partial charge is 0.472 e. The van der Waals surface area contributed by atoms with Gasteiger partial charge >= 0.3 is 0 Å². The van der Waals surface area contributed by atoms with Gasteiger partial charge in [-0.3, -0.25) is 5.10 Å². The standard InChI is InChI=1S/C11H16N4O/c1-2-4-12-10(11-13-8-14-15-11)6-9-3-5-16-7-9/h3,5,7-8,10,12H,2,4,6H2,1H3,(H,13,14,15). The van der Waals surface area contributed by atoms with E-state index in [-0.39, 0.29) is 6.04 Å². The Morgan fingerprint density at radius 2 is 2.50 bits per heavy atom. The van der Waals surface area contributed by atoms with Crippen molar-refractivity contribution in [3.63, 3.8) is 0 Å². The average Bonchev–Trinajstić information content (AvgIpc) is 2.96. The normalized spacial score (nSPS) is 12.8. The summed E-state index contributed by atoms with van der Waals surface area (Å²) in [6.45, 7) is 3.10. The quantitative estimate of drug-likeness (QED) is 0.777. The summed E-state index contributed by atoms with van der Waals surface area (Å²) in [5.74, 6) is 0.870. The summed E-state index contributed by atoms with van der Waals surface area (Å²) in [4.78, 5) is 4.19. The van der Waals surface area contributed by atoms with Crippen molar-refractivity contribution in [1.82, 2.24) is 20.5 Å². The van der Waals surface area contributed by atoms with Crippen LogP contribution in [0.15, 0.2) is 29.3 Å². The average molecular weight is 220 g/mol. The molecular formula is C11H16N4O. The first-order valence-electron chi connectivity index (χ1n) is 5.50. The Morgan fingerprint density at radius 3 is 3.12 bits per heavy atom. The zero-order chi connectivity index (χ0) is 11.2. The molecule has 0 aliphatic heterocycles. The number of furan rings is 1. The van der Waals surface area contributed by atoms with E-state index in [1.54, 1.807) is 12.5 Å². The van der Waals surface area contributed by atoms with Crippen LogP contribution in [0.2, 0.25) is 0 Å². The van der Waals surface area contributed by atoms with Crippen molar-refractivity contribution >= 4 is 0 Å². The monoisotopic (exact) mass is 220 g/mol. The van der Waals surface area contributed by atoms with E-state index < -0.39 is 0 Å². The van der Waals surface area contributed by atoms with E-state index in [0.717, 1.165) is 30.8 Å². The molecule has 0 fully saturated rings. The maximum atomic E-state index is 5.06. The number of rotatable bonds is 6. The Morgan fingerprint density at radius 1 is 1.56 bits per heavy atom. The molecule has 0 bridgehead atoms. The van der Waals surface area contributed by atoms with Crippen molar-refractivity contribution in [3.8, 4) is 0 Å². The molecule has 2 rings (SSSR count). The maximum absolute atomic E-state index is 5.06. The van der Waals surface area contributed by atoms with Gasteiger partial charge in [-0.15, -0.1) is 0 Å². The first-order valence-corrected chi connectivity index (χ1v) is 5.50. The van der Waals surface area contributed by atoms with Crippen molar-refractivity contribution in [2.45, 2.75) is 25.8 Å². The summed E-state index contributed by atoms with van der Waals surface area (Å²) in [6.07, 6.45) is 6.93. The molecule has 2 aromatic rings. The van der Waals surface area contributed by atoms with Crippen LogP contribution >= 0.6 is 0 Å². The summed E-state index contributed by atoms with van der Waals surface area (Å²) >= 11 is 0. The van der Waals surface area contributed by atoms with Crippen LogP contribution in [-0.4, -0.2) is 21.7 Å². The van der Waals surface area contributed by atoms with Crippen LogP contribution < -0.4 is 5.32 Å². The molecule has 0 saturated carbocycles. The number of hydrogen-bond acceptors (Lipinski definition) is 4. The van der Waals surface area contributed by atoms with Gasteiger partial charge in [-0.1, -0.05) is 6.92 Å². The summed E-state index contributed by atoms with van der Waals surface area (Å²) in [6, 6.07) is 2.14. The minimum Gasteiger partial charge on any atom is -0.472 e. The topological polar surface area (TPSA) is 66.7 Å². The van der Waals surface area contributed by atoms with Crippen molar-refractivity contribution in [2.75, 3.05) is 6.54 Å². The minimum absolute atomic E-state index is 0.167. The molecule has 0 aromatic carbocycles. The second kappa shape index (κ2) is 5.46. The van der Waals surface area contributed by atoms with Gasteiger partial charge in [0.05, 0.1) is 18.6 Å². The molecule has 0 radical (unpaired) electrons. The second-order valence-corrected chi connectivity index (χ2v) is 3.71. The summed E-state index contributed by atoms with van der Waals surface area (Å²) in [5, 5.41) is 10.2. The maximum Gasteiger partial charge on any atom is 0.141 e. The highest BCUT2D eigenvalue weighted by molar-refractivity contribution is 5.10. The minimum atomic E-state index is 0.167. The third-order valence-electron chi connectivity index (χ3n) is 2.42. The second-order valence-electron chi connectivity index (χ2n) is 3.71. The number of nitrogens with one attached hydrogen (secondary N) is 2. The molecule has 16 heavy (non-hydrogen) atoms. The van der Waals surface area contributed by atoms with Gasteiger partial charge in [0.2, 0.25) is 0 Å². The Kier molecular flexibility index (Phi) is 3.71. The Hall–Kier alpha value is -1.62. The molecule has 0 saturated heterocycles. The van der Waals surface area contributed by atoms with Crippen LogP contribution in [-0.2, 0) is 6.42 Å². The van der Waals surface area contributed by atoms with E-state index >= 15 is 0 Å². The molecule has 0 amide bonds. The molecule has 5 nitrogen and oxygen atoms in total. The number of hydrogen-bond donors (Lipinski definition) is 2. The molecule has 1 unspecified atom stereocenters. The molecule has 0 aliphatic rings. The highest BCUT2D eigenvalue weighted by Gasteiger charge is 2.14. The van der Waals surface area contributed by atoms with E-state index in [2.05, 4.69) is 27.4 Å². The molecular weight excluding hydrogens is 204 g/mol. The third kappa shape index (κ3) is 2.70.